The molecule has 3 aromatic rings. The Labute approximate surface area is 177 Å². The standard InChI is InChI=1S/C26H26FN3/c1-17(2)21-14-23-13-20(9-12-30(23)16-21)24-15-29-26(19-3-5-22(27)6-4-19)25(24)18-7-10-28-11-8-18/h3-8,10-11,13,15,23,29H,9,12,14,16H2,1-2H3/t23-/m1/s1. The van der Waals surface area contributed by atoms with Crippen LogP contribution in [0.2, 0.25) is 0 Å². The monoisotopic (exact) mass is 399 g/mol. The largest absolute Gasteiger partial charge is 0.360 e. The third-order valence-corrected chi connectivity index (χ3v) is 6.42. The van der Waals surface area contributed by atoms with Gasteiger partial charge in [0.05, 0.1) is 5.69 Å². The molecule has 152 valence electrons. The van der Waals surface area contributed by atoms with Crippen LogP contribution in [0.4, 0.5) is 4.39 Å². The number of allylic oxidation sites excluding steroid dienone is 1. The highest BCUT2D eigenvalue weighted by molar-refractivity contribution is 5.91. The zero-order valence-corrected chi connectivity index (χ0v) is 17.5. The summed E-state index contributed by atoms with van der Waals surface area (Å²) in [5.74, 6) is -0.220. The van der Waals surface area contributed by atoms with Crippen molar-refractivity contribution in [3.63, 3.8) is 0 Å². The highest BCUT2D eigenvalue weighted by Crippen LogP contribution is 2.41. The average molecular weight is 400 g/mol. The van der Waals surface area contributed by atoms with E-state index in [1.165, 1.54) is 34.4 Å². The van der Waals surface area contributed by atoms with E-state index in [1.807, 2.05) is 36.7 Å². The van der Waals surface area contributed by atoms with Crippen molar-refractivity contribution < 1.29 is 4.39 Å². The summed E-state index contributed by atoms with van der Waals surface area (Å²) in [4.78, 5) is 10.3. The van der Waals surface area contributed by atoms with Crippen molar-refractivity contribution in [2.45, 2.75) is 32.7 Å². The van der Waals surface area contributed by atoms with Crippen LogP contribution in [0.5, 0.6) is 0 Å². The fourth-order valence-corrected chi connectivity index (χ4v) is 4.72. The lowest BCUT2D eigenvalue weighted by atomic mass is 9.90. The van der Waals surface area contributed by atoms with Crippen LogP contribution in [0, 0.1) is 5.82 Å². The molecular formula is C26H26FN3. The summed E-state index contributed by atoms with van der Waals surface area (Å²) in [6.45, 7) is 6.63. The van der Waals surface area contributed by atoms with E-state index in [-0.39, 0.29) is 5.82 Å². The number of hydrogen-bond donors (Lipinski definition) is 1. The van der Waals surface area contributed by atoms with Gasteiger partial charge in [0, 0.05) is 48.8 Å². The third-order valence-electron chi connectivity index (χ3n) is 6.42. The van der Waals surface area contributed by atoms with E-state index in [4.69, 9.17) is 0 Å². The molecule has 1 N–H and O–H groups in total. The van der Waals surface area contributed by atoms with Gasteiger partial charge in [0.15, 0.2) is 0 Å². The molecule has 2 aliphatic heterocycles. The number of aromatic amines is 1. The maximum absolute atomic E-state index is 13.5. The Kier molecular flexibility index (Phi) is 4.87. The van der Waals surface area contributed by atoms with Gasteiger partial charge in [-0.2, -0.15) is 0 Å². The van der Waals surface area contributed by atoms with Crippen LogP contribution in [0.3, 0.4) is 0 Å². The first-order valence-electron chi connectivity index (χ1n) is 10.6. The molecule has 0 unspecified atom stereocenters. The molecule has 1 fully saturated rings. The Morgan fingerprint density at radius 2 is 1.83 bits per heavy atom. The zero-order chi connectivity index (χ0) is 20.7. The van der Waals surface area contributed by atoms with Crippen molar-refractivity contribution in [2.24, 2.45) is 0 Å². The summed E-state index contributed by atoms with van der Waals surface area (Å²) in [5, 5.41) is 0. The molecule has 0 radical (unpaired) electrons. The maximum atomic E-state index is 13.5. The quantitative estimate of drug-likeness (QED) is 0.541. The van der Waals surface area contributed by atoms with E-state index in [1.54, 1.807) is 5.57 Å². The van der Waals surface area contributed by atoms with Gasteiger partial charge in [0.2, 0.25) is 0 Å². The van der Waals surface area contributed by atoms with Crippen molar-refractivity contribution in [1.29, 1.82) is 0 Å². The van der Waals surface area contributed by atoms with Crippen LogP contribution < -0.4 is 0 Å². The molecule has 4 heterocycles. The third kappa shape index (κ3) is 3.41. The maximum Gasteiger partial charge on any atom is 0.123 e. The van der Waals surface area contributed by atoms with E-state index in [0.29, 0.717) is 6.04 Å². The Hall–Kier alpha value is -2.98. The first-order valence-corrected chi connectivity index (χ1v) is 10.6. The number of nitrogens with zero attached hydrogens (tertiary/aromatic N) is 2. The molecule has 1 atom stereocenters. The lowest BCUT2D eigenvalue weighted by Crippen LogP contribution is -2.32. The number of halogens is 1. The van der Waals surface area contributed by atoms with Gasteiger partial charge in [0.25, 0.3) is 0 Å². The van der Waals surface area contributed by atoms with Gasteiger partial charge in [-0.1, -0.05) is 17.2 Å². The molecule has 0 amide bonds. The SMILES string of the molecule is CC(C)=C1C[C@H]2C=C(c3c[nH]c(-c4ccc(F)cc4)c3-c3ccncc3)CCN2C1. The summed E-state index contributed by atoms with van der Waals surface area (Å²) in [7, 11) is 0. The van der Waals surface area contributed by atoms with Gasteiger partial charge in [-0.25, -0.2) is 4.39 Å². The van der Waals surface area contributed by atoms with Crippen molar-refractivity contribution in [3.05, 3.63) is 83.6 Å². The number of pyridine rings is 1. The van der Waals surface area contributed by atoms with E-state index in [2.05, 4.69) is 41.0 Å². The van der Waals surface area contributed by atoms with E-state index < -0.39 is 0 Å². The average Bonchev–Trinajstić information content (AvgIpc) is 3.39. The first-order chi connectivity index (χ1) is 14.6. The number of benzene rings is 1. The first kappa shape index (κ1) is 19.0. The molecule has 0 aliphatic carbocycles. The minimum absolute atomic E-state index is 0.220. The molecular weight excluding hydrogens is 373 g/mol. The molecule has 1 saturated heterocycles. The van der Waals surface area contributed by atoms with Gasteiger partial charge >= 0.3 is 0 Å². The number of aromatic nitrogens is 2. The fraction of sp³-hybridized carbons (Fsp3) is 0.269. The lowest BCUT2D eigenvalue weighted by molar-refractivity contribution is 0.290. The summed E-state index contributed by atoms with van der Waals surface area (Å²) in [6.07, 6.45) is 10.4. The molecule has 30 heavy (non-hydrogen) atoms. The summed E-state index contributed by atoms with van der Waals surface area (Å²) in [5.41, 5.74) is 9.97. The molecule has 4 heteroatoms. The van der Waals surface area contributed by atoms with Crippen LogP contribution in [-0.4, -0.2) is 34.0 Å². The highest BCUT2D eigenvalue weighted by atomic mass is 19.1. The second-order valence-corrected chi connectivity index (χ2v) is 8.48. The molecule has 0 bridgehead atoms. The number of hydrogen-bond acceptors (Lipinski definition) is 2. The highest BCUT2D eigenvalue weighted by Gasteiger charge is 2.31. The second kappa shape index (κ2) is 7.69. The molecule has 2 aliphatic rings. The zero-order valence-electron chi connectivity index (χ0n) is 17.5. The molecule has 5 rings (SSSR count). The van der Waals surface area contributed by atoms with Crippen LogP contribution in [0.1, 0.15) is 32.3 Å². The van der Waals surface area contributed by atoms with Crippen LogP contribution in [-0.2, 0) is 0 Å². The van der Waals surface area contributed by atoms with Crippen LogP contribution >= 0.6 is 0 Å². The van der Waals surface area contributed by atoms with Crippen molar-refractivity contribution in [2.75, 3.05) is 13.1 Å². The van der Waals surface area contributed by atoms with Crippen molar-refractivity contribution >= 4 is 5.57 Å². The van der Waals surface area contributed by atoms with Crippen molar-refractivity contribution in [3.8, 4) is 22.4 Å². The predicted octanol–water partition coefficient (Wildman–Crippen LogP) is 6.08. The molecule has 1 aromatic carbocycles. The topological polar surface area (TPSA) is 31.9 Å². The number of nitrogens with one attached hydrogen (secondary N) is 1. The van der Waals surface area contributed by atoms with Crippen LogP contribution in [0.15, 0.2) is 72.2 Å². The van der Waals surface area contributed by atoms with Gasteiger partial charge in [0.1, 0.15) is 5.82 Å². The fourth-order valence-electron chi connectivity index (χ4n) is 4.72. The van der Waals surface area contributed by atoms with Crippen LogP contribution in [0.25, 0.3) is 28.0 Å². The molecule has 3 nitrogen and oxygen atoms in total. The molecule has 0 saturated carbocycles. The number of fused-ring (bicyclic) bond motifs is 1. The second-order valence-electron chi connectivity index (χ2n) is 8.48. The van der Waals surface area contributed by atoms with Crippen molar-refractivity contribution in [1.82, 2.24) is 14.9 Å². The minimum Gasteiger partial charge on any atom is -0.360 e. The van der Waals surface area contributed by atoms with Gasteiger partial charge < -0.3 is 4.98 Å². The van der Waals surface area contributed by atoms with Gasteiger partial charge in [-0.05, 0) is 79.8 Å². The summed E-state index contributed by atoms with van der Waals surface area (Å²) >= 11 is 0. The smallest absolute Gasteiger partial charge is 0.123 e. The molecule has 0 spiro atoms. The summed E-state index contributed by atoms with van der Waals surface area (Å²) in [6, 6.07) is 11.3. The Bertz CT molecular complexity index is 1120. The molecule has 2 aromatic heterocycles. The van der Waals surface area contributed by atoms with E-state index in [0.717, 1.165) is 42.8 Å². The Morgan fingerprint density at radius 3 is 2.57 bits per heavy atom. The van der Waals surface area contributed by atoms with E-state index >= 15 is 0 Å². The Morgan fingerprint density at radius 1 is 1.07 bits per heavy atom. The Balaban J connectivity index is 1.60. The van der Waals surface area contributed by atoms with E-state index in [9.17, 15) is 4.39 Å². The predicted molar refractivity (Wildman–Crippen MR) is 120 cm³/mol. The number of rotatable bonds is 3. The number of H-pyrrole nitrogens is 1. The van der Waals surface area contributed by atoms with Gasteiger partial charge in [-0.3, -0.25) is 9.88 Å². The lowest BCUT2D eigenvalue weighted by Gasteiger charge is -2.28. The summed E-state index contributed by atoms with van der Waals surface area (Å²) < 4.78 is 13.5. The normalized spacial score (nSPS) is 19.0. The van der Waals surface area contributed by atoms with Gasteiger partial charge in [-0.15, -0.1) is 0 Å². The minimum atomic E-state index is -0.220.